The lowest BCUT2D eigenvalue weighted by molar-refractivity contribution is -0.131. The van der Waals surface area contributed by atoms with E-state index in [1.807, 2.05) is 43.4 Å². The summed E-state index contributed by atoms with van der Waals surface area (Å²) >= 11 is 0. The average molecular weight is 529 g/mol. The third-order valence-electron chi connectivity index (χ3n) is 7.36. The van der Waals surface area contributed by atoms with Gasteiger partial charge in [0, 0.05) is 32.2 Å². The summed E-state index contributed by atoms with van der Waals surface area (Å²) in [7, 11) is 1.81. The molecule has 9 nitrogen and oxygen atoms in total. The van der Waals surface area contributed by atoms with E-state index in [-0.39, 0.29) is 31.0 Å². The van der Waals surface area contributed by atoms with Gasteiger partial charge in [0.25, 0.3) is 0 Å². The first-order valence-electron chi connectivity index (χ1n) is 13.0. The predicted octanol–water partition coefficient (Wildman–Crippen LogP) is 2.55. The molecule has 0 spiro atoms. The number of nitrogens with zero attached hydrogens (tertiary/aromatic N) is 3. The average Bonchev–Trinajstić information content (AvgIpc) is 3.49. The largest absolute Gasteiger partial charge is 0.420 e. The Bertz CT molecular complexity index is 1540. The van der Waals surface area contributed by atoms with Crippen LogP contribution in [0, 0.1) is 0 Å². The van der Waals surface area contributed by atoms with Gasteiger partial charge in [-0.15, -0.1) is 0 Å². The maximum atomic E-state index is 13.5. The number of amides is 2. The smallest absolute Gasteiger partial charge is 0.408 e. The summed E-state index contributed by atoms with van der Waals surface area (Å²) in [4.78, 5) is 41.7. The molecule has 5 rings (SSSR count). The second kappa shape index (κ2) is 11.3. The van der Waals surface area contributed by atoms with E-state index in [1.165, 1.54) is 4.57 Å². The van der Waals surface area contributed by atoms with Crippen molar-refractivity contribution in [3.63, 3.8) is 0 Å². The molecule has 39 heavy (non-hydrogen) atoms. The van der Waals surface area contributed by atoms with Crippen LogP contribution in [-0.2, 0) is 17.8 Å². The number of hydrogen-bond donors (Lipinski definition) is 2. The second-order valence-electron chi connectivity index (χ2n) is 10.1. The molecule has 4 aromatic rings. The van der Waals surface area contributed by atoms with E-state index in [0.29, 0.717) is 29.8 Å². The quantitative estimate of drug-likeness (QED) is 0.344. The zero-order valence-electron chi connectivity index (χ0n) is 21.8. The maximum absolute atomic E-state index is 13.5. The van der Waals surface area contributed by atoms with Gasteiger partial charge in [-0.05, 0) is 47.4 Å². The van der Waals surface area contributed by atoms with Crippen molar-refractivity contribution in [3.05, 3.63) is 106 Å². The Balaban J connectivity index is 1.37. The fourth-order valence-electron chi connectivity index (χ4n) is 5.20. The van der Waals surface area contributed by atoms with Crippen molar-refractivity contribution >= 4 is 22.9 Å². The van der Waals surface area contributed by atoms with Crippen LogP contribution in [0.25, 0.3) is 11.1 Å². The lowest BCUT2D eigenvalue weighted by Crippen LogP contribution is -2.39. The molecular formula is C30H32N4O5. The van der Waals surface area contributed by atoms with Crippen LogP contribution >= 0.6 is 0 Å². The Morgan fingerprint density at radius 1 is 1.08 bits per heavy atom. The van der Waals surface area contributed by atoms with Crippen LogP contribution in [0.3, 0.4) is 0 Å². The van der Waals surface area contributed by atoms with Crippen molar-refractivity contribution in [2.24, 2.45) is 5.73 Å². The van der Waals surface area contributed by atoms with Gasteiger partial charge in [-0.3, -0.25) is 19.1 Å². The van der Waals surface area contributed by atoms with Crippen molar-refractivity contribution in [1.82, 2.24) is 14.4 Å². The minimum atomic E-state index is -0.541. The minimum absolute atomic E-state index is 0.0606. The van der Waals surface area contributed by atoms with Crippen LogP contribution < -0.4 is 11.5 Å². The van der Waals surface area contributed by atoms with Gasteiger partial charge in [-0.2, -0.15) is 0 Å². The van der Waals surface area contributed by atoms with Crippen LogP contribution in [-0.4, -0.2) is 64.1 Å². The number of benzene rings is 3. The van der Waals surface area contributed by atoms with Gasteiger partial charge < -0.3 is 20.2 Å². The molecule has 2 heterocycles. The lowest BCUT2D eigenvalue weighted by Gasteiger charge is -2.32. The fraction of sp³-hybridized carbons (Fsp3) is 0.300. The molecule has 3 N–H and O–H groups in total. The predicted molar refractivity (Wildman–Crippen MR) is 147 cm³/mol. The van der Waals surface area contributed by atoms with Crippen molar-refractivity contribution in [3.8, 4) is 0 Å². The van der Waals surface area contributed by atoms with Crippen molar-refractivity contribution < 1.29 is 19.1 Å². The molecule has 0 aliphatic carbocycles. The first-order chi connectivity index (χ1) is 18.8. The highest BCUT2D eigenvalue weighted by Gasteiger charge is 2.28. The van der Waals surface area contributed by atoms with Crippen LogP contribution in [0.5, 0.6) is 0 Å². The number of aliphatic hydroxyl groups excluding tert-OH is 1. The molecule has 2 amide bonds. The number of hydrogen-bond acceptors (Lipinski definition) is 6. The van der Waals surface area contributed by atoms with Gasteiger partial charge in [-0.25, -0.2) is 4.79 Å². The van der Waals surface area contributed by atoms with E-state index in [0.717, 1.165) is 29.7 Å². The molecule has 1 unspecified atom stereocenters. The Morgan fingerprint density at radius 3 is 2.59 bits per heavy atom. The number of carbonyl (C=O) groups is 2. The molecule has 202 valence electrons. The number of nitrogens with two attached hydrogens (primary N) is 1. The van der Waals surface area contributed by atoms with E-state index in [4.69, 9.17) is 10.2 Å². The summed E-state index contributed by atoms with van der Waals surface area (Å²) in [6, 6.07) is 21.8. The number of aliphatic hydroxyl groups is 1. The summed E-state index contributed by atoms with van der Waals surface area (Å²) < 4.78 is 6.91. The first kappa shape index (κ1) is 26.4. The molecule has 3 aromatic carbocycles. The standard InChI is InChI=1S/C30H32N4O5/c1-32(26(22-7-3-2-4-8-22)19-33-13-12-24(35)18-33)28(36)16-20-10-11-27-25(15-20)34(30(38)39-27)17-21-6-5-9-23(14-21)29(31)37/h2-11,14-15,24,26,35H,12-13,16-19H2,1H3,(H2,31,37)/t24?,26-/m1/s1. The van der Waals surface area contributed by atoms with E-state index >= 15 is 0 Å². The molecule has 1 aliphatic rings. The van der Waals surface area contributed by atoms with E-state index in [2.05, 4.69) is 4.90 Å². The molecule has 1 aliphatic heterocycles. The minimum Gasteiger partial charge on any atom is -0.408 e. The zero-order chi connectivity index (χ0) is 27.5. The molecule has 1 saturated heterocycles. The number of β-amino-alcohol motifs (C(OH)–C–C–N with tert-alkyl or cyclic N) is 1. The van der Waals surface area contributed by atoms with Crippen LogP contribution in [0.2, 0.25) is 0 Å². The molecular weight excluding hydrogens is 496 g/mol. The number of oxazole rings is 1. The number of carbonyl (C=O) groups excluding carboxylic acids is 2. The van der Waals surface area contributed by atoms with Gasteiger partial charge in [0.1, 0.15) is 0 Å². The summed E-state index contributed by atoms with van der Waals surface area (Å²) in [6.45, 7) is 2.22. The third-order valence-corrected chi connectivity index (χ3v) is 7.36. The van der Waals surface area contributed by atoms with Gasteiger partial charge in [0.15, 0.2) is 5.58 Å². The monoisotopic (exact) mass is 528 g/mol. The number of primary amides is 1. The molecule has 1 fully saturated rings. The Morgan fingerprint density at radius 2 is 1.87 bits per heavy atom. The van der Waals surface area contributed by atoms with Crippen molar-refractivity contribution in [2.45, 2.75) is 31.5 Å². The van der Waals surface area contributed by atoms with Gasteiger partial charge in [0.2, 0.25) is 11.8 Å². The van der Waals surface area contributed by atoms with Gasteiger partial charge >= 0.3 is 5.76 Å². The summed E-state index contributed by atoms with van der Waals surface area (Å²) in [5, 5.41) is 9.99. The lowest BCUT2D eigenvalue weighted by atomic mass is 10.0. The zero-order valence-corrected chi connectivity index (χ0v) is 21.8. The summed E-state index contributed by atoms with van der Waals surface area (Å²) in [5.41, 5.74) is 9.27. The van der Waals surface area contributed by atoms with E-state index in [1.54, 1.807) is 41.3 Å². The van der Waals surface area contributed by atoms with Gasteiger partial charge in [0.05, 0.1) is 30.6 Å². The molecule has 0 radical (unpaired) electrons. The summed E-state index contributed by atoms with van der Waals surface area (Å²) in [5.74, 6) is -1.12. The van der Waals surface area contributed by atoms with Crippen LogP contribution in [0.15, 0.2) is 82.0 Å². The highest BCUT2D eigenvalue weighted by molar-refractivity contribution is 5.92. The topological polar surface area (TPSA) is 122 Å². The molecule has 0 bridgehead atoms. The molecule has 1 aromatic heterocycles. The Hall–Kier alpha value is -4.21. The highest BCUT2D eigenvalue weighted by atomic mass is 16.4. The normalized spacial score (nSPS) is 16.4. The second-order valence-corrected chi connectivity index (χ2v) is 10.1. The number of likely N-dealkylation sites (tertiary alicyclic amines) is 1. The first-order valence-corrected chi connectivity index (χ1v) is 13.0. The highest BCUT2D eigenvalue weighted by Crippen LogP contribution is 2.25. The third kappa shape index (κ3) is 5.94. The SMILES string of the molecule is CN(C(=O)Cc1ccc2oc(=O)n(Cc3cccc(C(N)=O)c3)c2c1)[C@H](CN1CCC(O)C1)c1ccccc1. The number of fused-ring (bicyclic) bond motifs is 1. The van der Waals surface area contributed by atoms with E-state index < -0.39 is 11.7 Å². The van der Waals surface area contributed by atoms with Crippen LogP contribution in [0.1, 0.15) is 39.5 Å². The van der Waals surface area contributed by atoms with Crippen LogP contribution in [0.4, 0.5) is 0 Å². The number of likely N-dealkylation sites (N-methyl/N-ethyl adjacent to an activating group) is 1. The maximum Gasteiger partial charge on any atom is 0.420 e. The molecule has 2 atom stereocenters. The molecule has 9 heteroatoms. The summed E-state index contributed by atoms with van der Waals surface area (Å²) in [6.07, 6.45) is 0.549. The fourth-order valence-corrected chi connectivity index (χ4v) is 5.20. The number of rotatable bonds is 9. The Kier molecular flexibility index (Phi) is 7.63. The molecule has 0 saturated carbocycles. The number of aromatic nitrogens is 1. The van der Waals surface area contributed by atoms with Crippen molar-refractivity contribution in [1.29, 1.82) is 0 Å². The van der Waals surface area contributed by atoms with Gasteiger partial charge in [-0.1, -0.05) is 48.5 Å². The van der Waals surface area contributed by atoms with Crippen molar-refractivity contribution in [2.75, 3.05) is 26.7 Å². The van der Waals surface area contributed by atoms with E-state index in [9.17, 15) is 19.5 Å². The Labute approximate surface area is 226 Å².